The van der Waals surface area contributed by atoms with Gasteiger partial charge in [0.05, 0.1) is 12.6 Å². The number of anilines is 1. The Morgan fingerprint density at radius 2 is 2.11 bits per heavy atom. The van der Waals surface area contributed by atoms with Crippen LogP contribution in [0.15, 0.2) is 18.3 Å². The van der Waals surface area contributed by atoms with Crippen LogP contribution in [-0.4, -0.2) is 37.6 Å². The lowest BCUT2D eigenvalue weighted by Crippen LogP contribution is -2.22. The first kappa shape index (κ1) is 13.4. The smallest absolute Gasteiger partial charge is 0.405 e. The van der Waals surface area contributed by atoms with E-state index in [0.717, 1.165) is 0 Å². The van der Waals surface area contributed by atoms with Crippen molar-refractivity contribution in [1.82, 2.24) is 9.97 Å². The van der Waals surface area contributed by atoms with Gasteiger partial charge >= 0.3 is 6.18 Å². The summed E-state index contributed by atoms with van der Waals surface area (Å²) in [6, 6.07) is 3.02. The van der Waals surface area contributed by atoms with E-state index < -0.39 is 12.7 Å². The Morgan fingerprint density at radius 3 is 2.74 bits per heavy atom. The molecule has 0 saturated heterocycles. The van der Waals surface area contributed by atoms with Gasteiger partial charge in [-0.25, -0.2) is 9.97 Å². The van der Waals surface area contributed by atoms with Crippen molar-refractivity contribution in [3.05, 3.63) is 18.3 Å². The molecule has 0 amide bonds. The quantitative estimate of drug-likeness (QED) is 0.854. The first-order valence-electron chi connectivity index (χ1n) is 5.30. The van der Waals surface area contributed by atoms with Crippen LogP contribution >= 0.6 is 0 Å². The number of aromatic nitrogens is 2. The van der Waals surface area contributed by atoms with Gasteiger partial charge in [0.1, 0.15) is 20.2 Å². The minimum atomic E-state index is -4.31. The van der Waals surface area contributed by atoms with Gasteiger partial charge in [-0.3, -0.25) is 0 Å². The van der Waals surface area contributed by atoms with Crippen LogP contribution in [0, 0.1) is 0 Å². The fraction of sp³-hybridized carbons (Fsp3) is 0.273. The maximum atomic E-state index is 12.1. The van der Waals surface area contributed by atoms with Crippen LogP contribution in [0.3, 0.4) is 0 Å². The molecule has 0 aliphatic carbocycles. The van der Waals surface area contributed by atoms with Gasteiger partial charge in [-0.1, -0.05) is 0 Å². The Bertz CT molecular complexity index is 603. The van der Waals surface area contributed by atoms with Gasteiger partial charge in [-0.15, -0.1) is 0 Å². The van der Waals surface area contributed by atoms with E-state index in [1.807, 2.05) is 0 Å². The molecule has 0 aliphatic rings. The number of halogens is 3. The van der Waals surface area contributed by atoms with Gasteiger partial charge in [-0.05, 0) is 17.6 Å². The molecule has 19 heavy (non-hydrogen) atoms. The predicted octanol–water partition coefficient (Wildman–Crippen LogP) is 1.41. The number of rotatable bonds is 3. The largest absolute Gasteiger partial charge is 0.481 e. The van der Waals surface area contributed by atoms with Crippen LogP contribution in [0.1, 0.15) is 0 Å². The maximum absolute atomic E-state index is 12.1. The minimum Gasteiger partial charge on any atom is -0.481 e. The molecular weight excluding hydrogens is 258 g/mol. The Kier molecular flexibility index (Phi) is 3.50. The Labute approximate surface area is 108 Å². The molecule has 0 saturated carbocycles. The lowest BCUT2D eigenvalue weighted by atomic mass is 9.95. The summed E-state index contributed by atoms with van der Waals surface area (Å²) in [5, 5.41) is 2.81. The molecule has 0 bridgehead atoms. The third-order valence-corrected chi connectivity index (χ3v) is 2.40. The van der Waals surface area contributed by atoms with Gasteiger partial charge < -0.3 is 10.1 Å². The molecule has 2 rings (SSSR count). The predicted molar refractivity (Wildman–Crippen MR) is 66.0 cm³/mol. The van der Waals surface area contributed by atoms with Crippen molar-refractivity contribution in [2.24, 2.45) is 0 Å². The first-order chi connectivity index (χ1) is 8.90. The molecule has 98 valence electrons. The molecule has 0 unspecified atom stereocenters. The zero-order valence-corrected chi connectivity index (χ0v) is 9.95. The van der Waals surface area contributed by atoms with Crippen LogP contribution in [0.2, 0.25) is 0 Å². The molecule has 0 aromatic carbocycles. The number of hydrogen-bond acceptors (Lipinski definition) is 4. The normalized spacial score (nSPS) is 11.6. The Hall–Kier alpha value is -1.99. The number of ether oxygens (including phenoxy) is 1. The second-order valence-corrected chi connectivity index (χ2v) is 3.78. The summed E-state index contributed by atoms with van der Waals surface area (Å²) in [6.45, 7) is -1.16. The van der Waals surface area contributed by atoms with Crippen molar-refractivity contribution >= 4 is 30.0 Å². The fourth-order valence-corrected chi connectivity index (χ4v) is 1.54. The Morgan fingerprint density at radius 1 is 1.37 bits per heavy atom. The summed E-state index contributed by atoms with van der Waals surface area (Å²) in [5.74, 6) is 0.276. The van der Waals surface area contributed by atoms with E-state index in [9.17, 15) is 13.2 Å². The lowest BCUT2D eigenvalue weighted by molar-refractivity contribution is -0.115. The van der Waals surface area contributed by atoms with Gasteiger partial charge in [0.15, 0.2) is 0 Å². The molecule has 0 fully saturated rings. The Balaban J connectivity index is 2.36. The molecule has 2 aromatic heterocycles. The van der Waals surface area contributed by atoms with Gasteiger partial charge in [0.25, 0.3) is 0 Å². The summed E-state index contributed by atoms with van der Waals surface area (Å²) in [4.78, 5) is 7.98. The van der Waals surface area contributed by atoms with E-state index in [2.05, 4.69) is 15.3 Å². The molecule has 2 heterocycles. The zero-order valence-electron chi connectivity index (χ0n) is 9.95. The molecule has 4 nitrogen and oxygen atoms in total. The van der Waals surface area contributed by atoms with Crippen LogP contribution < -0.4 is 15.5 Å². The number of nitrogens with one attached hydrogen (secondary N) is 1. The van der Waals surface area contributed by atoms with Crippen LogP contribution in [0.25, 0.3) is 10.9 Å². The number of fused-ring (bicyclic) bond motifs is 1. The lowest BCUT2D eigenvalue weighted by Gasteiger charge is -2.11. The van der Waals surface area contributed by atoms with Crippen molar-refractivity contribution in [3.8, 4) is 5.88 Å². The van der Waals surface area contributed by atoms with Gasteiger partial charge in [-0.2, -0.15) is 13.2 Å². The van der Waals surface area contributed by atoms with E-state index in [0.29, 0.717) is 10.9 Å². The average molecular weight is 267 g/mol. The number of pyridine rings is 2. The third-order valence-electron chi connectivity index (χ3n) is 2.40. The first-order valence-corrected chi connectivity index (χ1v) is 5.30. The highest BCUT2D eigenvalue weighted by atomic mass is 19.4. The minimum absolute atomic E-state index is 0.0878. The van der Waals surface area contributed by atoms with E-state index >= 15 is 0 Å². The number of alkyl halides is 3. The summed E-state index contributed by atoms with van der Waals surface area (Å²) in [5.41, 5.74) is 0.537. The molecule has 0 aliphatic heterocycles. The topological polar surface area (TPSA) is 47.0 Å². The van der Waals surface area contributed by atoms with E-state index in [1.165, 1.54) is 19.4 Å². The highest BCUT2D eigenvalue weighted by molar-refractivity contribution is 6.39. The maximum Gasteiger partial charge on any atom is 0.405 e. The molecule has 0 spiro atoms. The standard InChI is InChI=1S/C11H9BF3N3O/c1-19-10-8(12)9-6(4-16-10)2-3-7(18-9)17-5-11(13,14)15/h2-4H,5H2,1H3,(H,17,18). The third kappa shape index (κ3) is 3.07. The SMILES string of the molecule is [B]c1c(OC)ncc2ccc(NCC(F)(F)F)nc12. The number of nitrogens with zero attached hydrogens (tertiary/aromatic N) is 2. The average Bonchev–Trinajstić information content (AvgIpc) is 2.36. The molecule has 2 radical (unpaired) electrons. The summed E-state index contributed by atoms with van der Waals surface area (Å²) >= 11 is 0. The fourth-order valence-electron chi connectivity index (χ4n) is 1.54. The van der Waals surface area contributed by atoms with Gasteiger partial charge in [0, 0.05) is 11.6 Å². The van der Waals surface area contributed by atoms with Gasteiger partial charge in [0.2, 0.25) is 5.88 Å². The molecule has 1 N–H and O–H groups in total. The highest BCUT2D eigenvalue weighted by Gasteiger charge is 2.26. The van der Waals surface area contributed by atoms with Crippen molar-refractivity contribution in [2.45, 2.75) is 6.18 Å². The van der Waals surface area contributed by atoms with E-state index in [1.54, 1.807) is 6.07 Å². The summed E-state index contributed by atoms with van der Waals surface area (Å²) < 4.78 is 41.3. The summed E-state index contributed by atoms with van der Waals surface area (Å²) in [7, 11) is 7.18. The molecule has 0 atom stereocenters. The van der Waals surface area contributed by atoms with Crippen molar-refractivity contribution in [2.75, 3.05) is 19.0 Å². The van der Waals surface area contributed by atoms with E-state index in [4.69, 9.17) is 12.6 Å². The molecule has 8 heteroatoms. The number of methoxy groups -OCH3 is 1. The van der Waals surface area contributed by atoms with E-state index in [-0.39, 0.29) is 17.2 Å². The zero-order chi connectivity index (χ0) is 14.0. The van der Waals surface area contributed by atoms with Crippen molar-refractivity contribution < 1.29 is 17.9 Å². The highest BCUT2D eigenvalue weighted by Crippen LogP contribution is 2.18. The van der Waals surface area contributed by atoms with Crippen LogP contribution in [0.4, 0.5) is 19.0 Å². The number of hydrogen-bond donors (Lipinski definition) is 1. The van der Waals surface area contributed by atoms with Crippen molar-refractivity contribution in [3.63, 3.8) is 0 Å². The second kappa shape index (κ2) is 4.95. The second-order valence-electron chi connectivity index (χ2n) is 3.78. The van der Waals surface area contributed by atoms with Crippen LogP contribution in [-0.2, 0) is 0 Å². The summed E-state index contributed by atoms with van der Waals surface area (Å²) in [6.07, 6.45) is -2.82. The van der Waals surface area contributed by atoms with Crippen molar-refractivity contribution in [1.29, 1.82) is 0 Å². The molecule has 2 aromatic rings. The molecular formula is C11H9BF3N3O. The van der Waals surface area contributed by atoms with Crippen LogP contribution in [0.5, 0.6) is 5.88 Å². The monoisotopic (exact) mass is 267 g/mol.